The van der Waals surface area contributed by atoms with Gasteiger partial charge in [-0.3, -0.25) is 9.78 Å². The number of esters is 1. The van der Waals surface area contributed by atoms with E-state index in [1.54, 1.807) is 12.1 Å². The first kappa shape index (κ1) is 15.5. The monoisotopic (exact) mass is 299 g/mol. The van der Waals surface area contributed by atoms with Crippen molar-refractivity contribution in [1.29, 1.82) is 0 Å². The van der Waals surface area contributed by atoms with Crippen LogP contribution < -0.4 is 10.2 Å². The van der Waals surface area contributed by atoms with Gasteiger partial charge in [0.15, 0.2) is 6.61 Å². The lowest BCUT2D eigenvalue weighted by atomic mass is 10.2. The Morgan fingerprint density at radius 2 is 1.73 bits per heavy atom. The summed E-state index contributed by atoms with van der Waals surface area (Å²) in [5, 5.41) is 2.67. The third kappa shape index (κ3) is 4.31. The molecule has 0 saturated heterocycles. The maximum absolute atomic E-state index is 11.8. The van der Waals surface area contributed by atoms with Crippen LogP contribution in [0.5, 0.6) is 0 Å². The highest BCUT2D eigenvalue weighted by Crippen LogP contribution is 2.15. The Morgan fingerprint density at radius 3 is 2.32 bits per heavy atom. The molecule has 114 valence electrons. The number of nitrogens with zero attached hydrogens (tertiary/aromatic N) is 2. The Kier molecular flexibility index (Phi) is 5.08. The molecule has 0 spiro atoms. The number of pyridine rings is 1. The first-order valence-corrected chi connectivity index (χ1v) is 6.70. The second-order valence-corrected chi connectivity index (χ2v) is 4.80. The highest BCUT2D eigenvalue weighted by atomic mass is 16.5. The molecule has 1 amide bonds. The first-order valence-electron chi connectivity index (χ1n) is 6.70. The maximum Gasteiger partial charge on any atom is 0.338 e. The van der Waals surface area contributed by atoms with Crippen molar-refractivity contribution in [3.8, 4) is 0 Å². The summed E-state index contributed by atoms with van der Waals surface area (Å²) in [7, 11) is 3.87. The molecule has 1 aromatic heterocycles. The minimum absolute atomic E-state index is 0.337. The molecule has 0 atom stereocenters. The van der Waals surface area contributed by atoms with E-state index in [1.165, 1.54) is 24.5 Å². The van der Waals surface area contributed by atoms with Gasteiger partial charge in [0.05, 0.1) is 5.56 Å². The lowest BCUT2D eigenvalue weighted by Gasteiger charge is -2.13. The van der Waals surface area contributed by atoms with Gasteiger partial charge in [0, 0.05) is 37.9 Å². The van der Waals surface area contributed by atoms with Crippen molar-refractivity contribution in [2.45, 2.75) is 0 Å². The van der Waals surface area contributed by atoms with Gasteiger partial charge in [0.2, 0.25) is 0 Å². The number of amides is 1. The van der Waals surface area contributed by atoms with Gasteiger partial charge < -0.3 is 15.0 Å². The van der Waals surface area contributed by atoms with E-state index in [1.807, 2.05) is 31.1 Å². The summed E-state index contributed by atoms with van der Waals surface area (Å²) < 4.78 is 4.94. The molecule has 22 heavy (non-hydrogen) atoms. The van der Waals surface area contributed by atoms with Gasteiger partial charge in [-0.2, -0.15) is 0 Å². The van der Waals surface area contributed by atoms with Crippen LogP contribution in [0.2, 0.25) is 0 Å². The molecule has 2 aromatic rings. The zero-order valence-electron chi connectivity index (χ0n) is 12.4. The SMILES string of the molecule is CN(C)c1ccc(NC(=O)COC(=O)c2ccncc2)cc1. The van der Waals surface area contributed by atoms with Crippen LogP contribution in [0.3, 0.4) is 0 Å². The van der Waals surface area contributed by atoms with E-state index in [0.717, 1.165) is 5.69 Å². The van der Waals surface area contributed by atoms with Gasteiger partial charge in [0.1, 0.15) is 0 Å². The van der Waals surface area contributed by atoms with Gasteiger partial charge in [-0.15, -0.1) is 0 Å². The fourth-order valence-electron chi connectivity index (χ4n) is 1.74. The summed E-state index contributed by atoms with van der Waals surface area (Å²) in [5.74, 6) is -0.944. The number of benzene rings is 1. The molecule has 0 bridgehead atoms. The largest absolute Gasteiger partial charge is 0.452 e. The smallest absolute Gasteiger partial charge is 0.338 e. The summed E-state index contributed by atoms with van der Waals surface area (Å²) >= 11 is 0. The van der Waals surface area contributed by atoms with Gasteiger partial charge in [-0.05, 0) is 36.4 Å². The molecule has 6 nitrogen and oxygen atoms in total. The third-order valence-corrected chi connectivity index (χ3v) is 2.92. The quantitative estimate of drug-likeness (QED) is 0.854. The number of nitrogens with one attached hydrogen (secondary N) is 1. The van der Waals surface area contributed by atoms with Crippen LogP contribution in [0.15, 0.2) is 48.8 Å². The average molecular weight is 299 g/mol. The first-order chi connectivity index (χ1) is 10.6. The van der Waals surface area contributed by atoms with Crippen LogP contribution >= 0.6 is 0 Å². The molecule has 0 unspecified atom stereocenters. The van der Waals surface area contributed by atoms with Crippen molar-refractivity contribution in [2.24, 2.45) is 0 Å². The number of anilines is 2. The number of carbonyl (C=O) groups is 2. The lowest BCUT2D eigenvalue weighted by molar-refractivity contribution is -0.119. The van der Waals surface area contributed by atoms with Crippen LogP contribution in [-0.2, 0) is 9.53 Å². The van der Waals surface area contributed by atoms with Gasteiger partial charge in [0.25, 0.3) is 5.91 Å². The minimum Gasteiger partial charge on any atom is -0.452 e. The third-order valence-electron chi connectivity index (χ3n) is 2.92. The number of ether oxygens (including phenoxy) is 1. The highest BCUT2D eigenvalue weighted by molar-refractivity contribution is 5.95. The van der Waals surface area contributed by atoms with Gasteiger partial charge in [-0.1, -0.05) is 0 Å². The molecule has 0 saturated carbocycles. The molecule has 0 aliphatic rings. The van der Waals surface area contributed by atoms with E-state index in [2.05, 4.69) is 10.3 Å². The van der Waals surface area contributed by atoms with Crippen molar-refractivity contribution in [2.75, 3.05) is 30.9 Å². The zero-order valence-corrected chi connectivity index (χ0v) is 12.4. The van der Waals surface area contributed by atoms with Crippen LogP contribution in [0.4, 0.5) is 11.4 Å². The Balaban J connectivity index is 1.84. The summed E-state index contributed by atoms with van der Waals surface area (Å²) in [6.07, 6.45) is 2.98. The van der Waals surface area contributed by atoms with E-state index in [0.29, 0.717) is 11.3 Å². The van der Waals surface area contributed by atoms with Crippen LogP contribution in [0, 0.1) is 0 Å². The average Bonchev–Trinajstić information content (AvgIpc) is 2.54. The predicted molar refractivity (Wildman–Crippen MR) is 83.9 cm³/mol. The van der Waals surface area contributed by atoms with Crippen molar-refractivity contribution in [3.05, 3.63) is 54.4 Å². The molecule has 1 aromatic carbocycles. The maximum atomic E-state index is 11.8. The molecule has 6 heteroatoms. The summed E-state index contributed by atoms with van der Waals surface area (Å²) in [5.41, 5.74) is 2.04. The van der Waals surface area contributed by atoms with Crippen molar-refractivity contribution < 1.29 is 14.3 Å². The lowest BCUT2D eigenvalue weighted by Crippen LogP contribution is -2.21. The van der Waals surface area contributed by atoms with E-state index >= 15 is 0 Å². The second-order valence-electron chi connectivity index (χ2n) is 4.80. The molecule has 1 heterocycles. The molecule has 0 fully saturated rings. The van der Waals surface area contributed by atoms with Gasteiger partial charge >= 0.3 is 5.97 Å². The number of aromatic nitrogens is 1. The molecule has 1 N–H and O–H groups in total. The highest BCUT2D eigenvalue weighted by Gasteiger charge is 2.10. The number of hydrogen-bond donors (Lipinski definition) is 1. The zero-order chi connectivity index (χ0) is 15.9. The molecule has 2 rings (SSSR count). The molecular weight excluding hydrogens is 282 g/mol. The van der Waals surface area contributed by atoms with Crippen molar-refractivity contribution >= 4 is 23.3 Å². The number of hydrogen-bond acceptors (Lipinski definition) is 5. The Labute approximate surface area is 128 Å². The number of rotatable bonds is 5. The van der Waals surface area contributed by atoms with E-state index in [4.69, 9.17) is 4.74 Å². The summed E-state index contributed by atoms with van der Waals surface area (Å²) in [6, 6.07) is 10.4. The summed E-state index contributed by atoms with van der Waals surface area (Å²) in [4.78, 5) is 29.2. The molecular formula is C16H17N3O3. The minimum atomic E-state index is -0.555. The van der Waals surface area contributed by atoms with Crippen LogP contribution in [0.1, 0.15) is 10.4 Å². The fourth-order valence-corrected chi connectivity index (χ4v) is 1.74. The van der Waals surface area contributed by atoms with E-state index in [9.17, 15) is 9.59 Å². The van der Waals surface area contributed by atoms with Gasteiger partial charge in [-0.25, -0.2) is 4.79 Å². The van der Waals surface area contributed by atoms with E-state index in [-0.39, 0.29) is 12.5 Å². The van der Waals surface area contributed by atoms with Crippen LogP contribution in [0.25, 0.3) is 0 Å². The molecule has 0 radical (unpaired) electrons. The Bertz CT molecular complexity index is 639. The Morgan fingerprint density at radius 1 is 1.09 bits per heavy atom. The van der Waals surface area contributed by atoms with E-state index < -0.39 is 5.97 Å². The fraction of sp³-hybridized carbons (Fsp3) is 0.188. The molecule has 0 aliphatic heterocycles. The normalized spacial score (nSPS) is 9.91. The molecule has 0 aliphatic carbocycles. The topological polar surface area (TPSA) is 71.5 Å². The Hall–Kier alpha value is -2.89. The summed E-state index contributed by atoms with van der Waals surface area (Å²) in [6.45, 7) is -0.337. The van der Waals surface area contributed by atoms with Crippen LogP contribution in [-0.4, -0.2) is 37.6 Å². The number of carbonyl (C=O) groups excluding carboxylic acids is 2. The second kappa shape index (κ2) is 7.21. The predicted octanol–water partition coefficient (Wildman–Crippen LogP) is 1.94. The standard InChI is InChI=1S/C16H17N3O3/c1-19(2)14-5-3-13(4-6-14)18-15(20)11-22-16(21)12-7-9-17-10-8-12/h3-10H,11H2,1-2H3,(H,18,20). The van der Waals surface area contributed by atoms with Crippen molar-refractivity contribution in [3.63, 3.8) is 0 Å². The van der Waals surface area contributed by atoms with Crippen molar-refractivity contribution in [1.82, 2.24) is 4.98 Å².